The molecular weight excluding hydrogens is 510 g/mol. The largest absolute Gasteiger partial charge is 0.444 e. The summed E-state index contributed by atoms with van der Waals surface area (Å²) < 4.78 is 5.51. The number of likely N-dealkylation sites (tertiary alicyclic amines) is 2. The second-order valence-corrected chi connectivity index (χ2v) is 12.1. The second-order valence-electron chi connectivity index (χ2n) is 12.1. The van der Waals surface area contributed by atoms with Gasteiger partial charge in [-0.15, -0.1) is 0 Å². The average molecular weight is 550 g/mol. The van der Waals surface area contributed by atoms with E-state index in [-0.39, 0.29) is 30.0 Å². The standard InChI is InChI=1S/C30H39N5O5/c1-30(2,3)40-29(39)33-15-12-24(13-16-33)35(23-10-11-23)28(38)22-17-31-26(32-18-22)20-6-8-21(9-7-20)27(37)34-14-4-5-25(36)19-34/h6-9,17-18,23-25,36H,4-5,10-16,19H2,1-3H3. The van der Waals surface area contributed by atoms with Gasteiger partial charge in [0.25, 0.3) is 11.8 Å². The number of amides is 3. The van der Waals surface area contributed by atoms with E-state index < -0.39 is 11.7 Å². The van der Waals surface area contributed by atoms with Crippen LogP contribution >= 0.6 is 0 Å². The summed E-state index contributed by atoms with van der Waals surface area (Å²) in [7, 11) is 0. The second kappa shape index (κ2) is 11.5. The molecule has 1 saturated carbocycles. The van der Waals surface area contributed by atoms with Crippen molar-refractivity contribution in [2.45, 2.75) is 83.1 Å². The third-order valence-electron chi connectivity index (χ3n) is 7.66. The molecule has 5 rings (SSSR count). The molecular formula is C30H39N5O5. The summed E-state index contributed by atoms with van der Waals surface area (Å²) in [5.41, 5.74) is 1.22. The molecule has 1 unspecified atom stereocenters. The van der Waals surface area contributed by atoms with Gasteiger partial charge in [-0.2, -0.15) is 0 Å². The van der Waals surface area contributed by atoms with Gasteiger partial charge in [0.2, 0.25) is 0 Å². The van der Waals surface area contributed by atoms with E-state index in [1.165, 1.54) is 0 Å². The maximum Gasteiger partial charge on any atom is 0.410 e. The number of benzene rings is 1. The lowest BCUT2D eigenvalue weighted by Gasteiger charge is -2.39. The van der Waals surface area contributed by atoms with Crippen LogP contribution in [0.25, 0.3) is 11.4 Å². The summed E-state index contributed by atoms with van der Waals surface area (Å²) >= 11 is 0. The molecule has 214 valence electrons. The van der Waals surface area contributed by atoms with Crippen LogP contribution in [-0.2, 0) is 4.74 Å². The first-order chi connectivity index (χ1) is 19.1. The van der Waals surface area contributed by atoms with Crippen molar-refractivity contribution in [3.05, 3.63) is 47.8 Å². The first-order valence-corrected chi connectivity index (χ1v) is 14.3. The number of aromatic nitrogens is 2. The Morgan fingerprint density at radius 1 is 0.875 bits per heavy atom. The third kappa shape index (κ3) is 6.60. The maximum absolute atomic E-state index is 13.6. The van der Waals surface area contributed by atoms with Gasteiger partial charge in [-0.3, -0.25) is 9.59 Å². The van der Waals surface area contributed by atoms with Gasteiger partial charge < -0.3 is 24.5 Å². The van der Waals surface area contributed by atoms with Crippen molar-refractivity contribution in [2.75, 3.05) is 26.2 Å². The van der Waals surface area contributed by atoms with Crippen molar-refractivity contribution in [1.29, 1.82) is 0 Å². The molecule has 0 bridgehead atoms. The molecule has 2 saturated heterocycles. The maximum atomic E-state index is 13.6. The van der Waals surface area contributed by atoms with Gasteiger partial charge in [0, 0.05) is 61.8 Å². The molecule has 3 amide bonds. The highest BCUT2D eigenvalue weighted by Crippen LogP contribution is 2.33. The van der Waals surface area contributed by atoms with Gasteiger partial charge in [-0.05, 0) is 71.4 Å². The number of carbonyl (C=O) groups is 3. The zero-order valence-corrected chi connectivity index (χ0v) is 23.6. The number of rotatable bonds is 5. The lowest BCUT2D eigenvalue weighted by atomic mass is 10.0. The molecule has 40 heavy (non-hydrogen) atoms. The Hall–Kier alpha value is -3.53. The van der Waals surface area contributed by atoms with Crippen molar-refractivity contribution in [3.8, 4) is 11.4 Å². The predicted octanol–water partition coefficient (Wildman–Crippen LogP) is 3.74. The predicted molar refractivity (Wildman–Crippen MR) is 149 cm³/mol. The fourth-order valence-electron chi connectivity index (χ4n) is 5.46. The Morgan fingerprint density at radius 3 is 2.08 bits per heavy atom. The van der Waals surface area contributed by atoms with E-state index in [2.05, 4.69) is 9.97 Å². The molecule has 3 fully saturated rings. The summed E-state index contributed by atoms with van der Waals surface area (Å²) in [5.74, 6) is 0.311. The summed E-state index contributed by atoms with van der Waals surface area (Å²) in [6.45, 7) is 7.70. The van der Waals surface area contributed by atoms with Crippen LogP contribution in [0.15, 0.2) is 36.7 Å². The van der Waals surface area contributed by atoms with Gasteiger partial charge in [0.15, 0.2) is 5.82 Å². The minimum absolute atomic E-state index is 0.0597. The molecule has 3 heterocycles. The van der Waals surface area contributed by atoms with Crippen molar-refractivity contribution < 1.29 is 24.2 Å². The zero-order chi connectivity index (χ0) is 28.4. The van der Waals surface area contributed by atoms with E-state index in [9.17, 15) is 19.5 Å². The van der Waals surface area contributed by atoms with Crippen LogP contribution in [0.1, 0.15) is 80.0 Å². The minimum Gasteiger partial charge on any atom is -0.444 e. The highest BCUT2D eigenvalue weighted by atomic mass is 16.6. The lowest BCUT2D eigenvalue weighted by Crippen LogP contribution is -2.50. The van der Waals surface area contributed by atoms with Gasteiger partial charge in [-0.25, -0.2) is 14.8 Å². The molecule has 2 aliphatic heterocycles. The Labute approximate surface area is 235 Å². The summed E-state index contributed by atoms with van der Waals surface area (Å²) in [5, 5.41) is 9.88. The van der Waals surface area contributed by atoms with Crippen molar-refractivity contribution in [2.24, 2.45) is 0 Å². The topological polar surface area (TPSA) is 116 Å². The number of ether oxygens (including phenoxy) is 1. The highest BCUT2D eigenvalue weighted by molar-refractivity contribution is 5.95. The normalized spacial score (nSPS) is 20.2. The minimum atomic E-state index is -0.535. The monoisotopic (exact) mass is 549 g/mol. The first kappa shape index (κ1) is 28.0. The number of aliphatic hydroxyl groups is 1. The molecule has 3 aliphatic rings. The number of carbonyl (C=O) groups excluding carboxylic acids is 3. The molecule has 1 aromatic heterocycles. The molecule has 2 aromatic rings. The molecule has 0 spiro atoms. The summed E-state index contributed by atoms with van der Waals surface area (Å²) in [6, 6.07) is 7.39. The van der Waals surface area contributed by atoms with Gasteiger partial charge in [0.05, 0.1) is 11.7 Å². The van der Waals surface area contributed by atoms with Gasteiger partial charge in [-0.1, -0.05) is 12.1 Å². The third-order valence-corrected chi connectivity index (χ3v) is 7.66. The average Bonchev–Trinajstić information content (AvgIpc) is 3.77. The van der Waals surface area contributed by atoms with E-state index in [1.54, 1.807) is 46.5 Å². The fraction of sp³-hybridized carbons (Fsp3) is 0.567. The van der Waals surface area contributed by atoms with E-state index in [0.717, 1.165) is 31.2 Å². The molecule has 0 radical (unpaired) electrons. The number of hydrogen-bond acceptors (Lipinski definition) is 7. The number of hydrogen-bond donors (Lipinski definition) is 1. The number of aliphatic hydroxyl groups excluding tert-OH is 1. The van der Waals surface area contributed by atoms with Gasteiger partial charge >= 0.3 is 6.09 Å². The quantitative estimate of drug-likeness (QED) is 0.604. The molecule has 1 N–H and O–H groups in total. The van der Waals surface area contributed by atoms with Crippen molar-refractivity contribution >= 4 is 17.9 Å². The van der Waals surface area contributed by atoms with Crippen LogP contribution < -0.4 is 0 Å². The Bertz CT molecular complexity index is 1210. The summed E-state index contributed by atoms with van der Waals surface area (Å²) in [4.78, 5) is 53.1. The Kier molecular flexibility index (Phi) is 8.07. The van der Waals surface area contributed by atoms with Crippen LogP contribution in [0.4, 0.5) is 4.79 Å². The van der Waals surface area contributed by atoms with Crippen LogP contribution in [0, 0.1) is 0 Å². The van der Waals surface area contributed by atoms with Crippen LogP contribution in [0.3, 0.4) is 0 Å². The Balaban J connectivity index is 1.21. The summed E-state index contributed by atoms with van der Waals surface area (Å²) in [6.07, 6.45) is 7.29. The fourth-order valence-corrected chi connectivity index (χ4v) is 5.46. The smallest absolute Gasteiger partial charge is 0.410 e. The molecule has 1 aliphatic carbocycles. The molecule has 1 aromatic carbocycles. The van der Waals surface area contributed by atoms with Crippen molar-refractivity contribution in [1.82, 2.24) is 24.7 Å². The highest BCUT2D eigenvalue weighted by Gasteiger charge is 2.40. The first-order valence-electron chi connectivity index (χ1n) is 14.3. The van der Waals surface area contributed by atoms with Gasteiger partial charge in [0.1, 0.15) is 5.60 Å². The number of β-amino-alcohol motifs (C(OH)–C–C–N with tert-alkyl or cyclic N) is 1. The number of piperidine rings is 2. The van der Waals surface area contributed by atoms with Crippen LogP contribution in [-0.4, -0.2) is 97.6 Å². The molecule has 10 heteroatoms. The molecule has 10 nitrogen and oxygen atoms in total. The van der Waals surface area contributed by atoms with E-state index >= 15 is 0 Å². The van der Waals surface area contributed by atoms with Crippen LogP contribution in [0.5, 0.6) is 0 Å². The SMILES string of the molecule is CC(C)(C)OC(=O)N1CCC(N(C(=O)c2cnc(-c3ccc(C(=O)N4CCCC(O)C4)cc3)nc2)C2CC2)CC1. The van der Waals surface area contributed by atoms with Crippen LogP contribution in [0.2, 0.25) is 0 Å². The molecule has 1 atom stereocenters. The zero-order valence-electron chi connectivity index (χ0n) is 23.6. The van der Waals surface area contributed by atoms with E-state index in [0.29, 0.717) is 56.0 Å². The number of nitrogens with zero attached hydrogens (tertiary/aromatic N) is 5. The van der Waals surface area contributed by atoms with E-state index in [4.69, 9.17) is 4.74 Å². The lowest BCUT2D eigenvalue weighted by molar-refractivity contribution is 0.0142. The van der Waals surface area contributed by atoms with E-state index in [1.807, 2.05) is 25.7 Å². The Morgan fingerprint density at radius 2 is 1.50 bits per heavy atom. The van der Waals surface area contributed by atoms with Crippen molar-refractivity contribution in [3.63, 3.8) is 0 Å².